The lowest BCUT2D eigenvalue weighted by Crippen LogP contribution is -2.33. The van der Waals surface area contributed by atoms with Crippen LogP contribution in [0.1, 0.15) is 20.3 Å². The number of amides is 2. The van der Waals surface area contributed by atoms with Crippen molar-refractivity contribution in [2.45, 2.75) is 20.3 Å². The molecule has 0 unspecified atom stereocenters. The molecule has 0 aromatic heterocycles. The second-order valence-corrected chi connectivity index (χ2v) is 3.91. The molecule has 18 heavy (non-hydrogen) atoms. The maximum Gasteiger partial charge on any atom is 0.325 e. The van der Waals surface area contributed by atoms with Crippen molar-refractivity contribution in [2.75, 3.05) is 13.7 Å². The van der Waals surface area contributed by atoms with Gasteiger partial charge in [-0.15, -0.1) is 0 Å². The van der Waals surface area contributed by atoms with Gasteiger partial charge < -0.3 is 10.1 Å². The van der Waals surface area contributed by atoms with E-state index in [0.717, 1.165) is 0 Å². The van der Waals surface area contributed by atoms with Gasteiger partial charge in [0.05, 0.1) is 13.5 Å². The molecule has 0 radical (unpaired) electrons. The Labute approximate surface area is 105 Å². The molecule has 2 amide bonds. The van der Waals surface area contributed by atoms with E-state index in [1.54, 1.807) is 6.08 Å². The Morgan fingerprint density at radius 2 is 1.94 bits per heavy atom. The van der Waals surface area contributed by atoms with E-state index in [1.165, 1.54) is 12.6 Å². The standard InChI is InChI=1S/C11H18N2O5/c1-7(2)4-8(5-9(14)13-17)11(16)12-6-10(15)18-3/h4,7,17H,5-6H2,1-3H3,(H,12,16)(H,13,14)/b8-4-. The van der Waals surface area contributed by atoms with Gasteiger partial charge in [-0.1, -0.05) is 19.9 Å². The van der Waals surface area contributed by atoms with Gasteiger partial charge in [-0.3, -0.25) is 19.6 Å². The molecule has 0 fully saturated rings. The van der Waals surface area contributed by atoms with E-state index in [2.05, 4.69) is 10.1 Å². The van der Waals surface area contributed by atoms with Gasteiger partial charge in [0.15, 0.2) is 0 Å². The molecule has 0 aromatic rings. The number of hydroxylamine groups is 1. The smallest absolute Gasteiger partial charge is 0.325 e. The van der Waals surface area contributed by atoms with Gasteiger partial charge >= 0.3 is 5.97 Å². The fourth-order valence-electron chi connectivity index (χ4n) is 1.17. The highest BCUT2D eigenvalue weighted by Gasteiger charge is 2.15. The molecule has 0 aliphatic rings. The van der Waals surface area contributed by atoms with Gasteiger partial charge in [-0.05, 0) is 5.92 Å². The number of hydrogen-bond acceptors (Lipinski definition) is 5. The third-order valence-electron chi connectivity index (χ3n) is 1.92. The first-order valence-corrected chi connectivity index (χ1v) is 5.39. The largest absolute Gasteiger partial charge is 0.468 e. The maximum absolute atomic E-state index is 11.7. The number of carbonyl (C=O) groups is 3. The zero-order chi connectivity index (χ0) is 14.1. The van der Waals surface area contributed by atoms with Crippen LogP contribution in [0.25, 0.3) is 0 Å². The highest BCUT2D eigenvalue weighted by atomic mass is 16.5. The van der Waals surface area contributed by atoms with Crippen LogP contribution in [0, 0.1) is 5.92 Å². The zero-order valence-corrected chi connectivity index (χ0v) is 10.6. The number of ether oxygens (including phenoxy) is 1. The van der Waals surface area contributed by atoms with Crippen LogP contribution in [0.15, 0.2) is 11.6 Å². The molecule has 0 aliphatic carbocycles. The van der Waals surface area contributed by atoms with Crippen LogP contribution in [0.2, 0.25) is 0 Å². The van der Waals surface area contributed by atoms with Crippen molar-refractivity contribution in [3.63, 3.8) is 0 Å². The summed E-state index contributed by atoms with van der Waals surface area (Å²) >= 11 is 0. The maximum atomic E-state index is 11.7. The number of esters is 1. The molecule has 0 saturated heterocycles. The summed E-state index contributed by atoms with van der Waals surface area (Å²) in [7, 11) is 1.21. The average molecular weight is 258 g/mol. The summed E-state index contributed by atoms with van der Waals surface area (Å²) in [6, 6.07) is 0. The predicted octanol–water partition coefficient (Wildman–Crippen LogP) is -0.246. The molecule has 0 atom stereocenters. The Kier molecular flexibility index (Phi) is 7.37. The van der Waals surface area contributed by atoms with E-state index in [4.69, 9.17) is 5.21 Å². The molecule has 0 saturated carbocycles. The Morgan fingerprint density at radius 1 is 1.33 bits per heavy atom. The molecular weight excluding hydrogens is 240 g/mol. The van der Waals surface area contributed by atoms with E-state index >= 15 is 0 Å². The van der Waals surface area contributed by atoms with Crippen molar-refractivity contribution in [3.8, 4) is 0 Å². The molecule has 7 nitrogen and oxygen atoms in total. The van der Waals surface area contributed by atoms with Crippen molar-refractivity contribution in [1.29, 1.82) is 0 Å². The Morgan fingerprint density at radius 3 is 2.39 bits per heavy atom. The van der Waals surface area contributed by atoms with Gasteiger partial charge in [0.1, 0.15) is 6.54 Å². The van der Waals surface area contributed by atoms with E-state index in [-0.39, 0.29) is 24.5 Å². The lowest BCUT2D eigenvalue weighted by molar-refractivity contribution is -0.140. The van der Waals surface area contributed by atoms with Gasteiger partial charge in [-0.25, -0.2) is 5.48 Å². The average Bonchev–Trinajstić information content (AvgIpc) is 2.33. The quantitative estimate of drug-likeness (QED) is 0.264. The number of carbonyl (C=O) groups excluding carboxylic acids is 3. The Balaban J connectivity index is 4.61. The van der Waals surface area contributed by atoms with E-state index in [1.807, 2.05) is 13.8 Å². The molecule has 0 rings (SSSR count). The first-order valence-electron chi connectivity index (χ1n) is 5.39. The van der Waals surface area contributed by atoms with E-state index in [0.29, 0.717) is 0 Å². The predicted molar refractivity (Wildman–Crippen MR) is 62.5 cm³/mol. The molecule has 3 N–H and O–H groups in total. The second kappa shape index (κ2) is 8.24. The lowest BCUT2D eigenvalue weighted by Gasteiger charge is -2.08. The number of hydrogen-bond donors (Lipinski definition) is 3. The lowest BCUT2D eigenvalue weighted by atomic mass is 10.1. The van der Waals surface area contributed by atoms with E-state index in [9.17, 15) is 14.4 Å². The summed E-state index contributed by atoms with van der Waals surface area (Å²) in [6.45, 7) is 3.40. The highest BCUT2D eigenvalue weighted by Crippen LogP contribution is 2.07. The third-order valence-corrected chi connectivity index (χ3v) is 1.92. The van der Waals surface area contributed by atoms with Crippen LogP contribution in [0.5, 0.6) is 0 Å². The van der Waals surface area contributed by atoms with Crippen LogP contribution in [0.4, 0.5) is 0 Å². The van der Waals surface area contributed by atoms with Crippen molar-refractivity contribution in [3.05, 3.63) is 11.6 Å². The zero-order valence-electron chi connectivity index (χ0n) is 10.6. The summed E-state index contributed by atoms with van der Waals surface area (Å²) in [6.07, 6.45) is 1.32. The fraction of sp³-hybridized carbons (Fsp3) is 0.545. The summed E-state index contributed by atoms with van der Waals surface area (Å²) in [5.74, 6) is -1.78. The molecular formula is C11H18N2O5. The van der Waals surface area contributed by atoms with Crippen molar-refractivity contribution >= 4 is 17.8 Å². The Hall–Kier alpha value is -1.89. The summed E-state index contributed by atoms with van der Waals surface area (Å²) in [4.78, 5) is 33.6. The topological polar surface area (TPSA) is 105 Å². The summed E-state index contributed by atoms with van der Waals surface area (Å²) in [5.41, 5.74) is 1.63. The number of nitrogens with one attached hydrogen (secondary N) is 2. The van der Waals surface area contributed by atoms with Gasteiger partial charge in [0, 0.05) is 5.57 Å². The van der Waals surface area contributed by atoms with Crippen molar-refractivity contribution in [2.24, 2.45) is 5.92 Å². The number of allylic oxidation sites excluding steroid dienone is 1. The molecule has 0 aromatic carbocycles. The minimum absolute atomic E-state index is 0.0513. The van der Waals surface area contributed by atoms with Gasteiger partial charge in [0.2, 0.25) is 11.8 Å². The molecule has 0 spiro atoms. The fourth-order valence-corrected chi connectivity index (χ4v) is 1.17. The first-order chi connectivity index (χ1) is 8.40. The van der Waals surface area contributed by atoms with Gasteiger partial charge in [0.25, 0.3) is 0 Å². The minimum Gasteiger partial charge on any atom is -0.468 e. The Bertz CT molecular complexity index is 349. The van der Waals surface area contributed by atoms with Crippen molar-refractivity contribution < 1.29 is 24.3 Å². The van der Waals surface area contributed by atoms with Crippen LogP contribution >= 0.6 is 0 Å². The number of methoxy groups -OCH3 is 1. The second-order valence-electron chi connectivity index (χ2n) is 3.91. The van der Waals surface area contributed by atoms with E-state index < -0.39 is 17.8 Å². The molecule has 0 heterocycles. The normalized spacial score (nSPS) is 11.1. The minimum atomic E-state index is -0.699. The summed E-state index contributed by atoms with van der Waals surface area (Å²) in [5, 5.41) is 10.7. The highest BCUT2D eigenvalue weighted by molar-refractivity contribution is 5.99. The first kappa shape index (κ1) is 16.1. The SMILES string of the molecule is COC(=O)CNC(=O)/C(=C\C(C)C)CC(=O)NO. The molecule has 102 valence electrons. The number of rotatable bonds is 6. The molecule has 7 heteroatoms. The van der Waals surface area contributed by atoms with Gasteiger partial charge in [-0.2, -0.15) is 0 Å². The van der Waals surface area contributed by atoms with Crippen LogP contribution < -0.4 is 10.8 Å². The molecule has 0 aliphatic heterocycles. The van der Waals surface area contributed by atoms with Crippen LogP contribution in [-0.4, -0.2) is 36.6 Å². The van der Waals surface area contributed by atoms with Crippen LogP contribution in [0.3, 0.4) is 0 Å². The van der Waals surface area contributed by atoms with Crippen molar-refractivity contribution in [1.82, 2.24) is 10.8 Å². The van der Waals surface area contributed by atoms with Crippen LogP contribution in [-0.2, 0) is 19.1 Å². The third kappa shape index (κ3) is 6.64. The molecule has 0 bridgehead atoms. The summed E-state index contributed by atoms with van der Waals surface area (Å²) < 4.78 is 4.37. The monoisotopic (exact) mass is 258 g/mol.